The van der Waals surface area contributed by atoms with E-state index in [0.717, 1.165) is 25.7 Å². The van der Waals surface area contributed by atoms with E-state index in [4.69, 9.17) is 0 Å². The highest BCUT2D eigenvalue weighted by molar-refractivity contribution is 5.45. The van der Waals surface area contributed by atoms with Crippen molar-refractivity contribution in [2.75, 3.05) is 11.9 Å². The molecular formula is C12H12F4N2. The summed E-state index contributed by atoms with van der Waals surface area (Å²) in [6.45, 7) is 0.356. The van der Waals surface area contributed by atoms with Crippen LogP contribution in [-0.2, 0) is 0 Å². The van der Waals surface area contributed by atoms with Crippen LogP contribution in [0.1, 0.15) is 25.7 Å². The van der Waals surface area contributed by atoms with Gasteiger partial charge in [0.2, 0.25) is 11.6 Å². The summed E-state index contributed by atoms with van der Waals surface area (Å²) < 4.78 is 52.5. The lowest BCUT2D eigenvalue weighted by Gasteiger charge is -2.16. The predicted octanol–water partition coefficient (Wildman–Crippen LogP) is 3.24. The minimum absolute atomic E-state index is 0.0785. The van der Waals surface area contributed by atoms with Crippen LogP contribution in [0.15, 0.2) is 0 Å². The SMILES string of the molecule is Fc1nc(F)c(F)c(NCC2(C3CC3)CC2)c1F. The smallest absolute Gasteiger partial charge is 0.253 e. The Morgan fingerprint density at radius 1 is 1.06 bits per heavy atom. The first-order valence-corrected chi connectivity index (χ1v) is 5.97. The number of nitrogens with zero attached hydrogens (tertiary/aromatic N) is 1. The number of anilines is 1. The normalized spacial score (nSPS) is 20.9. The number of rotatable bonds is 4. The van der Waals surface area contributed by atoms with Crippen LogP contribution in [-0.4, -0.2) is 11.5 Å². The molecule has 3 rings (SSSR count). The van der Waals surface area contributed by atoms with Gasteiger partial charge in [0, 0.05) is 6.54 Å². The third-order valence-electron chi connectivity index (χ3n) is 3.95. The van der Waals surface area contributed by atoms with E-state index in [2.05, 4.69) is 10.3 Å². The summed E-state index contributed by atoms with van der Waals surface area (Å²) >= 11 is 0. The Labute approximate surface area is 101 Å². The molecule has 1 N–H and O–H groups in total. The van der Waals surface area contributed by atoms with Gasteiger partial charge in [-0.05, 0) is 37.0 Å². The Hall–Kier alpha value is -1.33. The first kappa shape index (κ1) is 11.7. The number of nitrogens with one attached hydrogen (secondary N) is 1. The molecule has 2 nitrogen and oxygen atoms in total. The van der Waals surface area contributed by atoms with Crippen molar-refractivity contribution in [1.82, 2.24) is 4.98 Å². The van der Waals surface area contributed by atoms with Crippen molar-refractivity contribution in [3.05, 3.63) is 23.5 Å². The lowest BCUT2D eigenvalue weighted by atomic mass is 10.0. The lowest BCUT2D eigenvalue weighted by Crippen LogP contribution is -2.20. The molecule has 2 aliphatic rings. The van der Waals surface area contributed by atoms with Crippen molar-refractivity contribution in [2.45, 2.75) is 25.7 Å². The van der Waals surface area contributed by atoms with Crippen molar-refractivity contribution >= 4 is 5.69 Å². The van der Waals surface area contributed by atoms with Crippen LogP contribution in [0.2, 0.25) is 0 Å². The molecule has 1 aromatic rings. The summed E-state index contributed by atoms with van der Waals surface area (Å²) in [6.07, 6.45) is 4.27. The first-order valence-electron chi connectivity index (χ1n) is 5.97. The Morgan fingerprint density at radius 3 is 2.06 bits per heavy atom. The zero-order valence-corrected chi connectivity index (χ0v) is 9.57. The monoisotopic (exact) mass is 260 g/mol. The minimum Gasteiger partial charge on any atom is -0.379 e. The molecule has 1 heterocycles. The highest BCUT2D eigenvalue weighted by Crippen LogP contribution is 2.61. The fourth-order valence-electron chi connectivity index (χ4n) is 2.49. The molecule has 0 saturated heterocycles. The van der Waals surface area contributed by atoms with Gasteiger partial charge in [0.05, 0.1) is 0 Å². The second-order valence-electron chi connectivity index (χ2n) is 5.19. The molecule has 0 atom stereocenters. The van der Waals surface area contributed by atoms with Crippen LogP contribution < -0.4 is 5.32 Å². The van der Waals surface area contributed by atoms with Gasteiger partial charge >= 0.3 is 0 Å². The summed E-state index contributed by atoms with van der Waals surface area (Å²) in [5.41, 5.74) is -0.665. The van der Waals surface area contributed by atoms with E-state index >= 15 is 0 Å². The van der Waals surface area contributed by atoms with E-state index in [1.165, 1.54) is 0 Å². The van der Waals surface area contributed by atoms with E-state index in [0.29, 0.717) is 12.5 Å². The summed E-state index contributed by atoms with van der Waals surface area (Å²) in [5.74, 6) is -5.56. The molecule has 0 amide bonds. The minimum atomic E-state index is -1.62. The number of halogens is 4. The fraction of sp³-hybridized carbons (Fsp3) is 0.583. The predicted molar refractivity (Wildman–Crippen MR) is 56.9 cm³/mol. The van der Waals surface area contributed by atoms with Crippen LogP contribution in [0.25, 0.3) is 0 Å². The highest BCUT2D eigenvalue weighted by Gasteiger charge is 2.53. The van der Waals surface area contributed by atoms with Crippen LogP contribution in [0.5, 0.6) is 0 Å². The van der Waals surface area contributed by atoms with Gasteiger partial charge in [0.25, 0.3) is 11.9 Å². The van der Waals surface area contributed by atoms with Crippen LogP contribution in [0.3, 0.4) is 0 Å². The molecule has 0 unspecified atom stereocenters. The molecule has 2 aliphatic carbocycles. The molecule has 98 valence electrons. The number of hydrogen-bond donors (Lipinski definition) is 1. The van der Waals surface area contributed by atoms with Crippen molar-refractivity contribution < 1.29 is 17.6 Å². The Balaban J connectivity index is 1.80. The standard InChI is InChI=1S/C12H12F4N2/c13-7-9(8(14)11(16)18-10(7)15)17-5-12(3-4-12)6-1-2-6/h6H,1-5H2,(H,17,18). The quantitative estimate of drug-likeness (QED) is 0.664. The Bertz CT molecular complexity index is 469. The highest BCUT2D eigenvalue weighted by atomic mass is 19.2. The number of pyridine rings is 1. The topological polar surface area (TPSA) is 24.9 Å². The maximum absolute atomic E-state index is 13.3. The maximum atomic E-state index is 13.3. The van der Waals surface area contributed by atoms with E-state index in [9.17, 15) is 17.6 Å². The third kappa shape index (κ3) is 1.83. The second-order valence-corrected chi connectivity index (χ2v) is 5.19. The van der Waals surface area contributed by atoms with Crippen molar-refractivity contribution in [1.29, 1.82) is 0 Å². The van der Waals surface area contributed by atoms with Crippen molar-refractivity contribution in [2.24, 2.45) is 11.3 Å². The van der Waals surface area contributed by atoms with Crippen LogP contribution >= 0.6 is 0 Å². The largest absolute Gasteiger partial charge is 0.379 e. The van der Waals surface area contributed by atoms with E-state index in [-0.39, 0.29) is 5.41 Å². The average Bonchev–Trinajstić information content (AvgIpc) is 3.17. The number of aromatic nitrogens is 1. The van der Waals surface area contributed by atoms with Gasteiger partial charge in [-0.3, -0.25) is 0 Å². The molecule has 0 aromatic carbocycles. The molecule has 6 heteroatoms. The first-order chi connectivity index (χ1) is 8.53. The van der Waals surface area contributed by atoms with E-state index in [1.54, 1.807) is 0 Å². The summed E-state index contributed by atoms with van der Waals surface area (Å²) in [5, 5.41) is 2.52. The maximum Gasteiger partial charge on any atom is 0.253 e. The van der Waals surface area contributed by atoms with Crippen molar-refractivity contribution in [3.8, 4) is 0 Å². The van der Waals surface area contributed by atoms with Crippen LogP contribution in [0, 0.1) is 34.9 Å². The van der Waals surface area contributed by atoms with E-state index in [1.807, 2.05) is 0 Å². The van der Waals surface area contributed by atoms with Gasteiger partial charge in [-0.15, -0.1) is 0 Å². The molecule has 0 bridgehead atoms. The van der Waals surface area contributed by atoms with Gasteiger partial charge in [-0.25, -0.2) is 0 Å². The molecule has 0 aliphatic heterocycles. The van der Waals surface area contributed by atoms with Gasteiger partial charge in [0.15, 0.2) is 0 Å². The molecule has 2 saturated carbocycles. The van der Waals surface area contributed by atoms with Crippen LogP contribution in [0.4, 0.5) is 23.2 Å². The molecule has 2 fully saturated rings. The lowest BCUT2D eigenvalue weighted by molar-refractivity contribution is 0.406. The molecule has 18 heavy (non-hydrogen) atoms. The molecule has 1 aromatic heterocycles. The number of hydrogen-bond acceptors (Lipinski definition) is 2. The molecule has 0 spiro atoms. The zero-order valence-electron chi connectivity index (χ0n) is 9.57. The molecule has 0 radical (unpaired) electrons. The van der Waals surface area contributed by atoms with Gasteiger partial charge in [0.1, 0.15) is 5.69 Å². The zero-order chi connectivity index (χ0) is 12.9. The Kier molecular flexibility index (Phi) is 2.50. The summed E-state index contributed by atoms with van der Waals surface area (Å²) in [4.78, 5) is 2.52. The summed E-state index contributed by atoms with van der Waals surface area (Å²) in [7, 11) is 0. The van der Waals surface area contributed by atoms with Crippen molar-refractivity contribution in [3.63, 3.8) is 0 Å². The fourth-order valence-corrected chi connectivity index (χ4v) is 2.49. The average molecular weight is 260 g/mol. The Morgan fingerprint density at radius 2 is 1.61 bits per heavy atom. The molecular weight excluding hydrogens is 248 g/mol. The van der Waals surface area contributed by atoms with Gasteiger partial charge < -0.3 is 5.32 Å². The summed E-state index contributed by atoms with van der Waals surface area (Å²) in [6, 6.07) is 0. The third-order valence-corrected chi connectivity index (χ3v) is 3.95. The van der Waals surface area contributed by atoms with E-state index < -0.39 is 29.2 Å². The second kappa shape index (κ2) is 3.83. The van der Waals surface area contributed by atoms with Gasteiger partial charge in [-0.1, -0.05) is 0 Å². The van der Waals surface area contributed by atoms with Gasteiger partial charge in [-0.2, -0.15) is 22.5 Å².